The lowest BCUT2D eigenvalue weighted by Crippen LogP contribution is -2.12. The first kappa shape index (κ1) is 21.0. The van der Waals surface area contributed by atoms with E-state index in [1.54, 1.807) is 30.3 Å². The number of benzene rings is 2. The Morgan fingerprint density at radius 2 is 1.54 bits per heavy atom. The minimum absolute atomic E-state index is 0.253. The van der Waals surface area contributed by atoms with Crippen LogP contribution in [-0.2, 0) is 16.0 Å². The van der Waals surface area contributed by atoms with Crippen LogP contribution in [0, 0.1) is 0 Å². The van der Waals surface area contributed by atoms with Gasteiger partial charge in [-0.2, -0.15) is 0 Å². The monoisotopic (exact) mass is 384 g/mol. The average Bonchev–Trinajstić information content (AvgIpc) is 2.74. The maximum absolute atomic E-state index is 12.1. The topological polar surface area (TPSA) is 71.1 Å². The molecular weight excluding hydrogens is 360 g/mol. The van der Waals surface area contributed by atoms with Crippen LogP contribution in [-0.4, -0.2) is 39.7 Å². The predicted molar refractivity (Wildman–Crippen MR) is 106 cm³/mol. The van der Waals surface area contributed by atoms with Crippen LogP contribution >= 0.6 is 0 Å². The smallest absolute Gasteiger partial charge is 0.331 e. The van der Waals surface area contributed by atoms with Gasteiger partial charge in [0.05, 0.1) is 21.3 Å². The van der Waals surface area contributed by atoms with Crippen LogP contribution in [0.15, 0.2) is 42.5 Å². The number of hydrogen-bond acceptors (Lipinski definition) is 6. The van der Waals surface area contributed by atoms with E-state index in [0.717, 1.165) is 12.0 Å². The SMILES string of the molecule is CCc1ccc(C(=O)COC(=O)C=Cc2cc(OC)c(OC)c(OC)c2)cc1. The van der Waals surface area contributed by atoms with Crippen molar-refractivity contribution in [3.63, 3.8) is 0 Å². The van der Waals surface area contributed by atoms with Gasteiger partial charge < -0.3 is 18.9 Å². The van der Waals surface area contributed by atoms with Gasteiger partial charge in [0.15, 0.2) is 23.9 Å². The third kappa shape index (κ3) is 5.36. The summed E-state index contributed by atoms with van der Waals surface area (Å²) in [6.45, 7) is 1.73. The van der Waals surface area contributed by atoms with Crippen molar-refractivity contribution in [1.29, 1.82) is 0 Å². The molecule has 0 saturated carbocycles. The van der Waals surface area contributed by atoms with Crippen molar-refractivity contribution in [3.8, 4) is 17.2 Å². The maximum atomic E-state index is 12.1. The summed E-state index contributed by atoms with van der Waals surface area (Å²) in [6, 6.07) is 10.7. The van der Waals surface area contributed by atoms with Crippen LogP contribution in [0.1, 0.15) is 28.4 Å². The quantitative estimate of drug-likeness (QED) is 0.373. The van der Waals surface area contributed by atoms with E-state index in [0.29, 0.717) is 28.4 Å². The van der Waals surface area contributed by atoms with Gasteiger partial charge in [-0.05, 0) is 35.8 Å². The van der Waals surface area contributed by atoms with Gasteiger partial charge in [0.25, 0.3) is 0 Å². The molecule has 2 aromatic rings. The highest BCUT2D eigenvalue weighted by molar-refractivity contribution is 5.98. The lowest BCUT2D eigenvalue weighted by atomic mass is 10.1. The molecule has 148 valence electrons. The molecule has 2 rings (SSSR count). The molecule has 0 N–H and O–H groups in total. The predicted octanol–water partition coefficient (Wildman–Crippen LogP) is 3.71. The molecular formula is C22H24O6. The van der Waals surface area contributed by atoms with E-state index in [1.165, 1.54) is 27.4 Å². The largest absolute Gasteiger partial charge is 0.493 e. The minimum atomic E-state index is -0.618. The van der Waals surface area contributed by atoms with Gasteiger partial charge in [-0.25, -0.2) is 4.79 Å². The van der Waals surface area contributed by atoms with Crippen LogP contribution in [0.4, 0.5) is 0 Å². The lowest BCUT2D eigenvalue weighted by Gasteiger charge is -2.12. The van der Waals surface area contributed by atoms with Crippen LogP contribution in [0.25, 0.3) is 6.08 Å². The summed E-state index contributed by atoms with van der Waals surface area (Å²) >= 11 is 0. The number of esters is 1. The van der Waals surface area contributed by atoms with E-state index in [1.807, 2.05) is 19.1 Å². The molecule has 6 heteroatoms. The molecule has 0 amide bonds. The number of carbonyl (C=O) groups excluding carboxylic acids is 2. The fraction of sp³-hybridized carbons (Fsp3) is 0.273. The number of rotatable bonds is 9. The van der Waals surface area contributed by atoms with Crippen molar-refractivity contribution in [1.82, 2.24) is 0 Å². The molecule has 0 aliphatic rings. The summed E-state index contributed by atoms with van der Waals surface area (Å²) < 4.78 is 20.8. The Morgan fingerprint density at radius 3 is 2.04 bits per heavy atom. The Labute approximate surface area is 164 Å². The molecule has 0 fully saturated rings. The lowest BCUT2D eigenvalue weighted by molar-refractivity contribution is -0.136. The number of Topliss-reactive ketones (excluding diaryl/α,β-unsaturated/α-hetero) is 1. The first-order chi connectivity index (χ1) is 13.5. The highest BCUT2D eigenvalue weighted by atomic mass is 16.5. The fourth-order valence-corrected chi connectivity index (χ4v) is 2.56. The number of methoxy groups -OCH3 is 3. The van der Waals surface area contributed by atoms with E-state index in [9.17, 15) is 9.59 Å². The first-order valence-electron chi connectivity index (χ1n) is 8.79. The van der Waals surface area contributed by atoms with E-state index in [-0.39, 0.29) is 12.4 Å². The minimum Gasteiger partial charge on any atom is -0.493 e. The molecule has 28 heavy (non-hydrogen) atoms. The first-order valence-corrected chi connectivity index (χ1v) is 8.79. The molecule has 0 saturated heterocycles. The van der Waals surface area contributed by atoms with Crippen molar-refractivity contribution in [3.05, 3.63) is 59.2 Å². The second kappa shape index (κ2) is 10.2. The molecule has 0 aliphatic carbocycles. The van der Waals surface area contributed by atoms with Crippen LogP contribution in [0.3, 0.4) is 0 Å². The molecule has 0 unspecified atom stereocenters. The third-order valence-electron chi connectivity index (χ3n) is 4.13. The van der Waals surface area contributed by atoms with Gasteiger partial charge in [-0.3, -0.25) is 4.79 Å². The highest BCUT2D eigenvalue weighted by Crippen LogP contribution is 2.38. The van der Waals surface area contributed by atoms with Crippen molar-refractivity contribution in [2.24, 2.45) is 0 Å². The van der Waals surface area contributed by atoms with Crippen LogP contribution < -0.4 is 14.2 Å². The Morgan fingerprint density at radius 1 is 0.929 bits per heavy atom. The standard InChI is InChI=1S/C22H24O6/c1-5-15-6-9-17(10-7-15)18(23)14-28-21(24)11-8-16-12-19(25-2)22(27-4)20(13-16)26-3/h6-13H,5,14H2,1-4H3. The molecule has 0 aromatic heterocycles. The maximum Gasteiger partial charge on any atom is 0.331 e. The van der Waals surface area contributed by atoms with Gasteiger partial charge in [0, 0.05) is 11.6 Å². The van der Waals surface area contributed by atoms with E-state index in [2.05, 4.69) is 0 Å². The zero-order valence-corrected chi connectivity index (χ0v) is 16.5. The Kier molecular flexibility index (Phi) is 7.63. The van der Waals surface area contributed by atoms with Gasteiger partial charge >= 0.3 is 5.97 Å². The van der Waals surface area contributed by atoms with Crippen molar-refractivity contribution < 1.29 is 28.5 Å². The summed E-state index contributed by atoms with van der Waals surface area (Å²) in [6.07, 6.45) is 3.69. The molecule has 0 bridgehead atoms. The van der Waals surface area contributed by atoms with Gasteiger partial charge in [-0.15, -0.1) is 0 Å². The number of ether oxygens (including phenoxy) is 4. The number of aryl methyl sites for hydroxylation is 1. The zero-order chi connectivity index (χ0) is 20.5. The zero-order valence-electron chi connectivity index (χ0n) is 16.5. The summed E-state index contributed by atoms with van der Waals surface area (Å²) in [5.74, 6) is 0.537. The van der Waals surface area contributed by atoms with Crippen LogP contribution in [0.5, 0.6) is 17.2 Å². The molecule has 6 nitrogen and oxygen atoms in total. The molecule has 0 spiro atoms. The second-order valence-electron chi connectivity index (χ2n) is 5.87. The second-order valence-corrected chi connectivity index (χ2v) is 5.87. The Bertz CT molecular complexity index is 827. The molecule has 0 aliphatic heterocycles. The molecule has 0 atom stereocenters. The summed E-state index contributed by atoms with van der Waals surface area (Å²) in [4.78, 5) is 24.0. The molecule has 2 aromatic carbocycles. The molecule has 0 radical (unpaired) electrons. The normalized spacial score (nSPS) is 10.6. The van der Waals surface area contributed by atoms with Crippen molar-refractivity contribution in [2.45, 2.75) is 13.3 Å². The Hall–Kier alpha value is -3.28. The average molecular weight is 384 g/mol. The van der Waals surface area contributed by atoms with E-state index >= 15 is 0 Å². The molecule has 0 heterocycles. The summed E-state index contributed by atoms with van der Waals surface area (Å²) in [5.41, 5.74) is 2.31. The fourth-order valence-electron chi connectivity index (χ4n) is 2.56. The van der Waals surface area contributed by atoms with Crippen LogP contribution in [0.2, 0.25) is 0 Å². The third-order valence-corrected chi connectivity index (χ3v) is 4.13. The Balaban J connectivity index is 2.00. The number of ketones is 1. The van der Waals surface area contributed by atoms with Crippen molar-refractivity contribution >= 4 is 17.8 Å². The van der Waals surface area contributed by atoms with Crippen molar-refractivity contribution in [2.75, 3.05) is 27.9 Å². The van der Waals surface area contributed by atoms with Gasteiger partial charge in [0.1, 0.15) is 0 Å². The van der Waals surface area contributed by atoms with E-state index in [4.69, 9.17) is 18.9 Å². The van der Waals surface area contributed by atoms with Gasteiger partial charge in [-0.1, -0.05) is 31.2 Å². The highest BCUT2D eigenvalue weighted by Gasteiger charge is 2.13. The summed E-state index contributed by atoms with van der Waals surface area (Å²) in [5, 5.41) is 0. The number of hydrogen-bond donors (Lipinski definition) is 0. The number of carbonyl (C=O) groups is 2. The van der Waals surface area contributed by atoms with Gasteiger partial charge in [0.2, 0.25) is 5.75 Å². The summed E-state index contributed by atoms with van der Waals surface area (Å²) in [7, 11) is 4.54. The van der Waals surface area contributed by atoms with E-state index < -0.39 is 5.97 Å².